The van der Waals surface area contributed by atoms with Gasteiger partial charge >= 0.3 is 18.1 Å². The summed E-state index contributed by atoms with van der Waals surface area (Å²) in [5.41, 5.74) is 6.24. The second kappa shape index (κ2) is 8.83. The maximum Gasteiger partial charge on any atom is 0.491 e. The Morgan fingerprint density at radius 1 is 0.943 bits per heavy atom. The number of rotatable bonds is 4. The van der Waals surface area contributed by atoms with E-state index in [0.717, 1.165) is 11.9 Å². The molecule has 0 aromatic heterocycles. The number of nitrogens with two attached hydrogens (primary N) is 1. The smallest absolute Gasteiger partial charge is 0.404 e. The molecule has 35 heavy (non-hydrogen) atoms. The van der Waals surface area contributed by atoms with Gasteiger partial charge in [-0.15, -0.1) is 0 Å². The molecule has 1 aliphatic rings. The molecule has 3 aromatic rings. The number of benzene rings is 3. The fourth-order valence-electron chi connectivity index (χ4n) is 4.00. The van der Waals surface area contributed by atoms with Crippen molar-refractivity contribution in [2.24, 2.45) is 5.73 Å². The topological polar surface area (TPSA) is 84.7 Å². The lowest BCUT2D eigenvalue weighted by atomic mass is 9.81. The number of nitrogens with one attached hydrogen (secondary N) is 1. The zero-order valence-corrected chi connectivity index (χ0v) is 19.6. The van der Waals surface area contributed by atoms with E-state index >= 15 is 0 Å². The van der Waals surface area contributed by atoms with E-state index in [1.165, 1.54) is 0 Å². The van der Waals surface area contributed by atoms with Crippen LogP contribution in [0, 0.1) is 0 Å². The molecule has 0 saturated carbocycles. The van der Waals surface area contributed by atoms with E-state index in [4.69, 9.17) is 28.9 Å². The van der Waals surface area contributed by atoms with Crippen molar-refractivity contribution in [1.29, 1.82) is 0 Å². The van der Waals surface area contributed by atoms with Gasteiger partial charge < -0.3 is 4.74 Å². The first kappa shape index (κ1) is 25.0. The first-order valence-corrected chi connectivity index (χ1v) is 10.9. The molecule has 0 bridgehead atoms. The molecule has 0 spiro atoms. The number of alkyl halides is 3. The number of hydrogen-bond acceptors (Lipinski definition) is 5. The van der Waals surface area contributed by atoms with Gasteiger partial charge in [0.05, 0.1) is 0 Å². The quantitative estimate of drug-likeness (QED) is 0.384. The van der Waals surface area contributed by atoms with E-state index < -0.39 is 29.6 Å². The zero-order valence-electron chi connectivity index (χ0n) is 18.1. The highest BCUT2D eigenvalue weighted by atomic mass is 35.5. The highest BCUT2D eigenvalue weighted by Gasteiger charge is 2.62. The molecule has 3 aromatic carbocycles. The van der Waals surface area contributed by atoms with Crippen LogP contribution in [0.3, 0.4) is 0 Å². The third-order valence-corrected chi connectivity index (χ3v) is 6.10. The van der Waals surface area contributed by atoms with Crippen molar-refractivity contribution in [1.82, 2.24) is 10.2 Å². The second-order valence-corrected chi connectivity index (χ2v) is 8.80. The number of halogens is 5. The summed E-state index contributed by atoms with van der Waals surface area (Å²) < 4.78 is 43.4. The summed E-state index contributed by atoms with van der Waals surface area (Å²) in [4.78, 5) is 26.1. The van der Waals surface area contributed by atoms with Crippen molar-refractivity contribution in [3.63, 3.8) is 0 Å². The van der Waals surface area contributed by atoms with Gasteiger partial charge in [0.15, 0.2) is 5.54 Å². The number of carbonyl (C=O) groups excluding carboxylic acids is 2. The average molecular weight is 524 g/mol. The number of esters is 1. The first-order valence-electron chi connectivity index (χ1n) is 10.2. The fraction of sp³-hybridized carbons (Fsp3) is 0.167. The summed E-state index contributed by atoms with van der Waals surface area (Å²) in [7, 11) is 1.14. The Labute approximate surface area is 208 Å². The summed E-state index contributed by atoms with van der Waals surface area (Å²) in [5, 5.41) is 3.46. The van der Waals surface area contributed by atoms with Crippen LogP contribution in [0.2, 0.25) is 10.0 Å². The normalized spacial score (nSPS) is 22.4. The van der Waals surface area contributed by atoms with Gasteiger partial charge in [-0.2, -0.15) is 13.2 Å². The molecule has 0 aliphatic carbocycles. The van der Waals surface area contributed by atoms with E-state index in [9.17, 15) is 22.8 Å². The van der Waals surface area contributed by atoms with Crippen LogP contribution in [0.1, 0.15) is 11.1 Å². The van der Waals surface area contributed by atoms with Crippen LogP contribution in [-0.4, -0.2) is 36.0 Å². The molecule has 0 radical (unpaired) electrons. The maximum absolute atomic E-state index is 13.7. The third kappa shape index (κ3) is 4.48. The van der Waals surface area contributed by atoms with Gasteiger partial charge in [-0.05, 0) is 46.5 Å². The SMILES string of the molecule is CN1C(=O)C(c2ccccc2)(c2cccc(-c3cc(Cl)cc(Cl)c3)c2)NC1(N)OC(=O)C(F)(F)F. The van der Waals surface area contributed by atoms with Gasteiger partial charge in [0.1, 0.15) is 0 Å². The fourth-order valence-corrected chi connectivity index (χ4v) is 4.53. The molecule has 2 atom stereocenters. The van der Waals surface area contributed by atoms with Crippen LogP contribution in [0.5, 0.6) is 0 Å². The van der Waals surface area contributed by atoms with Crippen molar-refractivity contribution in [3.05, 3.63) is 94.0 Å². The van der Waals surface area contributed by atoms with E-state index in [1.54, 1.807) is 72.8 Å². The van der Waals surface area contributed by atoms with Gasteiger partial charge in [0, 0.05) is 17.1 Å². The van der Waals surface area contributed by atoms with E-state index in [-0.39, 0.29) is 0 Å². The summed E-state index contributed by atoms with van der Waals surface area (Å²) >= 11 is 12.3. The van der Waals surface area contributed by atoms with E-state index in [0.29, 0.717) is 32.3 Å². The molecular weight excluding hydrogens is 506 g/mol. The Kier molecular flexibility index (Phi) is 6.31. The van der Waals surface area contributed by atoms with Gasteiger partial charge in [-0.25, -0.2) is 10.1 Å². The van der Waals surface area contributed by atoms with Gasteiger partial charge in [0.25, 0.3) is 5.91 Å². The molecular formula is C24H18Cl2F3N3O3. The number of hydrogen-bond donors (Lipinski definition) is 2. The lowest BCUT2D eigenvalue weighted by Crippen LogP contribution is -2.64. The lowest BCUT2D eigenvalue weighted by molar-refractivity contribution is -0.228. The Morgan fingerprint density at radius 2 is 1.54 bits per heavy atom. The summed E-state index contributed by atoms with van der Waals surface area (Å²) in [6.45, 7) is 0. The van der Waals surface area contributed by atoms with E-state index in [2.05, 4.69) is 10.1 Å². The molecule has 1 aliphatic heterocycles. The van der Waals surface area contributed by atoms with Gasteiger partial charge in [0.2, 0.25) is 0 Å². The van der Waals surface area contributed by atoms with Crippen molar-refractivity contribution in [3.8, 4) is 11.1 Å². The van der Waals surface area contributed by atoms with Crippen LogP contribution >= 0.6 is 23.2 Å². The second-order valence-electron chi connectivity index (χ2n) is 7.93. The van der Waals surface area contributed by atoms with E-state index in [1.807, 2.05) is 0 Å². The number of nitrogens with zero attached hydrogens (tertiary/aromatic N) is 1. The van der Waals surface area contributed by atoms with Crippen molar-refractivity contribution >= 4 is 35.1 Å². The number of carbonyl (C=O) groups is 2. The molecule has 3 N–H and O–H groups in total. The Bertz CT molecular complexity index is 1290. The molecule has 4 rings (SSSR count). The van der Waals surface area contributed by atoms with Crippen molar-refractivity contribution in [2.75, 3.05) is 7.05 Å². The Morgan fingerprint density at radius 3 is 2.14 bits per heavy atom. The van der Waals surface area contributed by atoms with Crippen LogP contribution in [0.15, 0.2) is 72.8 Å². The Hall–Kier alpha value is -3.11. The third-order valence-electron chi connectivity index (χ3n) is 5.67. The molecule has 1 saturated heterocycles. The zero-order chi connectivity index (χ0) is 25.6. The summed E-state index contributed by atoms with van der Waals surface area (Å²) in [6.07, 6.45) is -5.32. The van der Waals surface area contributed by atoms with Gasteiger partial charge in [-0.3, -0.25) is 15.4 Å². The monoisotopic (exact) mass is 523 g/mol. The first-order chi connectivity index (χ1) is 16.4. The molecule has 1 amide bonds. The molecule has 11 heteroatoms. The summed E-state index contributed by atoms with van der Waals surface area (Å²) in [5.74, 6) is -5.87. The minimum atomic E-state index is -5.32. The number of ether oxygens (including phenoxy) is 1. The number of amides is 1. The van der Waals surface area contributed by atoms with Crippen LogP contribution in [0.4, 0.5) is 13.2 Å². The number of likely N-dealkylation sites (N-methyl/N-ethyl adjacent to an activating group) is 1. The average Bonchev–Trinajstić information content (AvgIpc) is 3.00. The Balaban J connectivity index is 1.88. The molecule has 6 nitrogen and oxygen atoms in total. The van der Waals surface area contributed by atoms with Gasteiger partial charge in [-0.1, -0.05) is 71.7 Å². The minimum Gasteiger partial charge on any atom is -0.404 e. The standard InChI is InChI=1S/C24H18Cl2F3N3O3/c1-32-20(33)22(16-7-3-2-4-8-16,31-24(32,30)35-21(34)23(27,28)29)17-9-5-6-14(10-17)15-11-18(25)13-19(26)12-15/h2-13,31H,30H2,1H3. The summed E-state index contributed by atoms with van der Waals surface area (Å²) in [6, 6.07) is 19.9. The highest BCUT2D eigenvalue weighted by molar-refractivity contribution is 6.35. The highest BCUT2D eigenvalue weighted by Crippen LogP contribution is 2.41. The van der Waals surface area contributed by atoms with Crippen molar-refractivity contribution in [2.45, 2.75) is 17.7 Å². The van der Waals surface area contributed by atoms with Crippen molar-refractivity contribution < 1.29 is 27.5 Å². The molecule has 1 fully saturated rings. The van der Waals surface area contributed by atoms with Crippen LogP contribution in [-0.2, 0) is 19.9 Å². The van der Waals surface area contributed by atoms with Crippen LogP contribution < -0.4 is 11.1 Å². The predicted octanol–water partition coefficient (Wildman–Crippen LogP) is 4.64. The molecule has 2 unspecified atom stereocenters. The predicted molar refractivity (Wildman–Crippen MR) is 124 cm³/mol. The molecule has 1 heterocycles. The minimum absolute atomic E-state index is 0.338. The molecule has 182 valence electrons. The lowest BCUT2D eigenvalue weighted by Gasteiger charge is -2.32. The largest absolute Gasteiger partial charge is 0.491 e. The maximum atomic E-state index is 13.7. The van der Waals surface area contributed by atoms with Crippen LogP contribution in [0.25, 0.3) is 11.1 Å².